The Balaban J connectivity index is 1.53. The van der Waals surface area contributed by atoms with Gasteiger partial charge in [0.1, 0.15) is 0 Å². The Hall–Kier alpha value is -2.37. The fourth-order valence-electron chi connectivity index (χ4n) is 3.08. The van der Waals surface area contributed by atoms with E-state index in [1.165, 1.54) is 12.8 Å². The Labute approximate surface area is 135 Å². The summed E-state index contributed by atoms with van der Waals surface area (Å²) in [6, 6.07) is 7.67. The molecule has 3 N–H and O–H groups in total. The first-order chi connectivity index (χ1) is 11.2. The molecule has 1 aromatic carbocycles. The number of benzene rings is 1. The molecule has 0 bridgehead atoms. The summed E-state index contributed by atoms with van der Waals surface area (Å²) in [6.45, 7) is -0.0173. The molecule has 1 aliphatic rings. The van der Waals surface area contributed by atoms with Crippen LogP contribution in [0.25, 0.3) is 10.9 Å². The minimum atomic E-state index is -0.335. The van der Waals surface area contributed by atoms with E-state index in [0.717, 1.165) is 36.6 Å². The second kappa shape index (κ2) is 7.26. The second-order valence-corrected chi connectivity index (χ2v) is 6.06. The highest BCUT2D eigenvalue weighted by atomic mass is 16.2. The van der Waals surface area contributed by atoms with Gasteiger partial charge < -0.3 is 10.6 Å². The molecule has 6 nitrogen and oxygen atoms in total. The van der Waals surface area contributed by atoms with Crippen LogP contribution < -0.4 is 10.6 Å². The number of para-hydroxylation sites is 1. The maximum absolute atomic E-state index is 12.2. The van der Waals surface area contributed by atoms with E-state index in [2.05, 4.69) is 20.8 Å². The molecule has 6 heteroatoms. The smallest absolute Gasteiger partial charge is 0.272 e. The standard InChI is InChI=1S/C17H22N4O2/c22-15(19-12-7-3-1-2-4-8-12)11-18-17(23)16-13-9-5-6-10-14(13)20-21-16/h5-6,9-10,12H,1-4,7-8,11H2,(H,18,23)(H,19,22)(H,20,21). The minimum absolute atomic E-state index is 0.0173. The van der Waals surface area contributed by atoms with Gasteiger partial charge >= 0.3 is 0 Å². The van der Waals surface area contributed by atoms with Crippen LogP contribution >= 0.6 is 0 Å². The fraction of sp³-hybridized carbons (Fsp3) is 0.471. The Morgan fingerprint density at radius 3 is 2.65 bits per heavy atom. The van der Waals surface area contributed by atoms with E-state index < -0.39 is 0 Å². The van der Waals surface area contributed by atoms with Gasteiger partial charge in [0.15, 0.2) is 5.69 Å². The van der Waals surface area contributed by atoms with Gasteiger partial charge in [-0.05, 0) is 18.9 Å². The number of aromatic amines is 1. The molecule has 2 amide bonds. The highest BCUT2D eigenvalue weighted by Crippen LogP contribution is 2.17. The molecule has 0 radical (unpaired) electrons. The van der Waals surface area contributed by atoms with Crippen LogP contribution in [0.3, 0.4) is 0 Å². The predicted molar refractivity (Wildman–Crippen MR) is 88.1 cm³/mol. The third-order valence-electron chi connectivity index (χ3n) is 4.32. The Kier molecular flexibility index (Phi) is 4.90. The van der Waals surface area contributed by atoms with Gasteiger partial charge in [0, 0.05) is 11.4 Å². The van der Waals surface area contributed by atoms with Gasteiger partial charge in [-0.1, -0.05) is 43.9 Å². The molecule has 122 valence electrons. The van der Waals surface area contributed by atoms with Crippen molar-refractivity contribution >= 4 is 22.7 Å². The van der Waals surface area contributed by atoms with Crippen molar-refractivity contribution in [3.63, 3.8) is 0 Å². The average molecular weight is 314 g/mol. The summed E-state index contributed by atoms with van der Waals surface area (Å²) in [7, 11) is 0. The number of aromatic nitrogens is 2. The van der Waals surface area contributed by atoms with Crippen molar-refractivity contribution in [3.8, 4) is 0 Å². The number of nitrogens with zero attached hydrogens (tertiary/aromatic N) is 1. The molecule has 0 saturated heterocycles. The third kappa shape index (κ3) is 3.88. The zero-order chi connectivity index (χ0) is 16.1. The van der Waals surface area contributed by atoms with Crippen molar-refractivity contribution < 1.29 is 9.59 Å². The zero-order valence-electron chi connectivity index (χ0n) is 13.1. The monoisotopic (exact) mass is 314 g/mol. The number of carbonyl (C=O) groups excluding carboxylic acids is 2. The minimum Gasteiger partial charge on any atom is -0.352 e. The van der Waals surface area contributed by atoms with E-state index >= 15 is 0 Å². The van der Waals surface area contributed by atoms with E-state index in [1.807, 2.05) is 24.3 Å². The van der Waals surface area contributed by atoms with Gasteiger partial charge in [0.25, 0.3) is 5.91 Å². The van der Waals surface area contributed by atoms with Gasteiger partial charge in [-0.25, -0.2) is 0 Å². The van der Waals surface area contributed by atoms with Crippen LogP contribution in [-0.2, 0) is 4.79 Å². The summed E-state index contributed by atoms with van der Waals surface area (Å²) in [5, 5.41) is 13.3. The second-order valence-electron chi connectivity index (χ2n) is 6.06. The number of carbonyl (C=O) groups is 2. The summed E-state index contributed by atoms with van der Waals surface area (Å²) >= 11 is 0. The first-order valence-corrected chi connectivity index (χ1v) is 8.25. The molecule has 1 aromatic heterocycles. The normalized spacial score (nSPS) is 16.0. The van der Waals surface area contributed by atoms with Crippen LogP contribution in [-0.4, -0.2) is 34.6 Å². The van der Waals surface area contributed by atoms with Crippen molar-refractivity contribution in [2.75, 3.05) is 6.54 Å². The summed E-state index contributed by atoms with van der Waals surface area (Å²) in [5.74, 6) is -0.469. The molecule has 0 atom stereocenters. The fourth-order valence-corrected chi connectivity index (χ4v) is 3.08. The lowest BCUT2D eigenvalue weighted by molar-refractivity contribution is -0.120. The highest BCUT2D eigenvalue weighted by Gasteiger charge is 2.17. The van der Waals surface area contributed by atoms with Gasteiger partial charge in [-0.15, -0.1) is 0 Å². The number of hydrogen-bond donors (Lipinski definition) is 3. The quantitative estimate of drug-likeness (QED) is 0.756. The van der Waals surface area contributed by atoms with Crippen LogP contribution in [0.2, 0.25) is 0 Å². The van der Waals surface area contributed by atoms with E-state index in [0.29, 0.717) is 5.69 Å². The van der Waals surface area contributed by atoms with E-state index in [9.17, 15) is 9.59 Å². The number of amides is 2. The lowest BCUT2D eigenvalue weighted by Crippen LogP contribution is -2.41. The summed E-state index contributed by atoms with van der Waals surface area (Å²) in [4.78, 5) is 24.2. The van der Waals surface area contributed by atoms with Crippen molar-refractivity contribution in [2.45, 2.75) is 44.6 Å². The molecule has 0 aliphatic heterocycles. The Morgan fingerprint density at radius 1 is 1.13 bits per heavy atom. The first kappa shape index (κ1) is 15.5. The van der Waals surface area contributed by atoms with Gasteiger partial charge in [-0.3, -0.25) is 14.7 Å². The Bertz CT molecular complexity index is 687. The van der Waals surface area contributed by atoms with Crippen LogP contribution in [0.4, 0.5) is 0 Å². The largest absolute Gasteiger partial charge is 0.352 e. The molecule has 0 unspecified atom stereocenters. The number of H-pyrrole nitrogens is 1. The van der Waals surface area contributed by atoms with E-state index in [4.69, 9.17) is 0 Å². The van der Waals surface area contributed by atoms with Crippen molar-refractivity contribution in [2.24, 2.45) is 0 Å². The lowest BCUT2D eigenvalue weighted by Gasteiger charge is -2.16. The van der Waals surface area contributed by atoms with Crippen LogP contribution in [0.5, 0.6) is 0 Å². The molecule has 1 saturated carbocycles. The summed E-state index contributed by atoms with van der Waals surface area (Å²) in [5.41, 5.74) is 1.13. The van der Waals surface area contributed by atoms with Crippen molar-refractivity contribution in [1.29, 1.82) is 0 Å². The number of nitrogens with one attached hydrogen (secondary N) is 3. The molecule has 0 spiro atoms. The van der Waals surface area contributed by atoms with E-state index in [-0.39, 0.29) is 24.4 Å². The highest BCUT2D eigenvalue weighted by molar-refractivity contribution is 6.05. The molecule has 2 aromatic rings. The predicted octanol–water partition coefficient (Wildman–Crippen LogP) is 2.13. The lowest BCUT2D eigenvalue weighted by atomic mass is 10.1. The van der Waals surface area contributed by atoms with E-state index in [1.54, 1.807) is 0 Å². The summed E-state index contributed by atoms with van der Waals surface area (Å²) < 4.78 is 0. The molecular formula is C17H22N4O2. The number of rotatable bonds is 4. The molecule has 1 fully saturated rings. The van der Waals surface area contributed by atoms with Crippen molar-refractivity contribution in [3.05, 3.63) is 30.0 Å². The zero-order valence-corrected chi connectivity index (χ0v) is 13.1. The SMILES string of the molecule is O=C(CNC(=O)c1n[nH]c2ccccc12)NC1CCCCCC1. The third-order valence-corrected chi connectivity index (χ3v) is 4.32. The maximum Gasteiger partial charge on any atom is 0.272 e. The molecule has 23 heavy (non-hydrogen) atoms. The average Bonchev–Trinajstić information content (AvgIpc) is 2.83. The van der Waals surface area contributed by atoms with Crippen LogP contribution in [0.15, 0.2) is 24.3 Å². The molecular weight excluding hydrogens is 292 g/mol. The van der Waals surface area contributed by atoms with Gasteiger partial charge in [0.05, 0.1) is 12.1 Å². The molecule has 1 aliphatic carbocycles. The molecule has 1 heterocycles. The first-order valence-electron chi connectivity index (χ1n) is 8.25. The van der Waals surface area contributed by atoms with Crippen molar-refractivity contribution in [1.82, 2.24) is 20.8 Å². The number of fused-ring (bicyclic) bond motifs is 1. The van der Waals surface area contributed by atoms with Crippen LogP contribution in [0, 0.1) is 0 Å². The topological polar surface area (TPSA) is 86.9 Å². The molecule has 3 rings (SSSR count). The summed E-state index contributed by atoms with van der Waals surface area (Å²) in [6.07, 6.45) is 6.88. The van der Waals surface area contributed by atoms with Crippen LogP contribution in [0.1, 0.15) is 49.0 Å². The Morgan fingerprint density at radius 2 is 1.87 bits per heavy atom. The number of hydrogen-bond acceptors (Lipinski definition) is 3. The van der Waals surface area contributed by atoms with Gasteiger partial charge in [0.2, 0.25) is 5.91 Å². The maximum atomic E-state index is 12.2. The van der Waals surface area contributed by atoms with Gasteiger partial charge in [-0.2, -0.15) is 5.10 Å².